The number of esters is 1. The third-order valence-electron chi connectivity index (χ3n) is 10.5. The van der Waals surface area contributed by atoms with E-state index in [1.54, 1.807) is 0 Å². The zero-order valence-electron chi connectivity index (χ0n) is 39.1. The summed E-state index contributed by atoms with van der Waals surface area (Å²) in [6.07, 6.45) is 56.1. The van der Waals surface area contributed by atoms with E-state index in [1.807, 2.05) is 0 Å². The molecule has 0 radical (unpaired) electrons. The van der Waals surface area contributed by atoms with Crippen LogP contribution < -0.4 is 0 Å². The number of ether oxygens (including phenoxy) is 2. The van der Waals surface area contributed by atoms with Crippen molar-refractivity contribution in [1.29, 1.82) is 0 Å². The lowest BCUT2D eigenvalue weighted by Gasteiger charge is -2.20. The van der Waals surface area contributed by atoms with Gasteiger partial charge in [0.1, 0.15) is 12.2 Å². The number of hydrogen-bond acceptors (Lipinski definition) is 8. The van der Waals surface area contributed by atoms with Crippen LogP contribution in [-0.4, -0.2) is 66.3 Å². The highest BCUT2D eigenvalue weighted by Gasteiger charge is 2.26. The maximum atomic E-state index is 12.7. The minimum Gasteiger partial charge on any atom is -0.457 e. The largest absolute Gasteiger partial charge is 0.472 e. The zero-order chi connectivity index (χ0) is 44.6. The number of aliphatic hydroxyl groups excluding tert-OH is 2. The quantitative estimate of drug-likeness (QED) is 0.0237. The average Bonchev–Trinajstić information content (AvgIpc) is 3.25. The van der Waals surface area contributed by atoms with E-state index in [2.05, 4.69) is 74.6 Å². The van der Waals surface area contributed by atoms with Crippen LogP contribution in [0.15, 0.2) is 60.8 Å². The van der Waals surface area contributed by atoms with Crippen molar-refractivity contribution in [2.24, 2.45) is 0 Å². The summed E-state index contributed by atoms with van der Waals surface area (Å²) >= 11 is 0. The molecule has 61 heavy (non-hydrogen) atoms. The van der Waals surface area contributed by atoms with Crippen molar-refractivity contribution in [2.75, 3.05) is 33.0 Å². The van der Waals surface area contributed by atoms with Crippen molar-refractivity contribution in [1.82, 2.24) is 0 Å². The summed E-state index contributed by atoms with van der Waals surface area (Å²) < 4.78 is 33.5. The third kappa shape index (κ3) is 47.5. The first-order valence-electron chi connectivity index (χ1n) is 24.8. The minimum absolute atomic E-state index is 0.0435. The molecule has 0 amide bonds. The average molecular weight is 881 g/mol. The third-order valence-corrected chi connectivity index (χ3v) is 11.4. The highest BCUT2D eigenvalue weighted by atomic mass is 31.2. The summed E-state index contributed by atoms with van der Waals surface area (Å²) in [7, 11) is -4.52. The maximum absolute atomic E-state index is 12.7. The summed E-state index contributed by atoms with van der Waals surface area (Å²) in [4.78, 5) is 22.7. The maximum Gasteiger partial charge on any atom is 0.472 e. The summed E-state index contributed by atoms with van der Waals surface area (Å²) in [6.45, 7) is 3.41. The van der Waals surface area contributed by atoms with E-state index < -0.39 is 33.2 Å². The van der Waals surface area contributed by atoms with Crippen molar-refractivity contribution < 1.29 is 43.0 Å². The molecule has 0 aromatic heterocycles. The summed E-state index contributed by atoms with van der Waals surface area (Å²) in [5, 5.41) is 18.4. The SMILES string of the molecule is CC/C=C\C/C=C\C/C=C\C/C=C\C/C=C\CCCCCCCCCCOCC(COP(=O)(O)OCC(O)CO)OC(=O)CCCCCCCCCCCCCCCCCC. The molecule has 356 valence electrons. The van der Waals surface area contributed by atoms with Gasteiger partial charge in [-0.3, -0.25) is 13.8 Å². The standard InChI is InChI=1S/C51H93O9P/c1-3-5-7-9-11-13-15-17-19-21-22-23-24-25-26-27-28-30-32-34-36-38-40-42-44-57-47-50(48-59-61(55,56)58-46-49(53)45-52)60-51(54)43-41-39-37-35-33-31-29-20-18-16-14-12-10-8-6-4-2/h5,7,11,13,17,19,22-23,25-26,49-50,52-53H,3-4,6,8-10,12,14-16,18,20-21,24,27-48H2,1-2H3,(H,55,56)/b7-5-,13-11-,19-17-,23-22-,26-25-. The van der Waals surface area contributed by atoms with Crippen LogP contribution in [0.3, 0.4) is 0 Å². The number of carbonyl (C=O) groups is 1. The van der Waals surface area contributed by atoms with Gasteiger partial charge in [0.05, 0.1) is 26.4 Å². The van der Waals surface area contributed by atoms with Gasteiger partial charge in [-0.05, 0) is 57.8 Å². The molecule has 0 aromatic rings. The number of aliphatic hydroxyl groups is 2. The van der Waals surface area contributed by atoms with Gasteiger partial charge < -0.3 is 24.6 Å². The van der Waals surface area contributed by atoms with Gasteiger partial charge in [0.15, 0.2) is 0 Å². The molecule has 0 aliphatic rings. The van der Waals surface area contributed by atoms with Gasteiger partial charge in [-0.25, -0.2) is 4.57 Å². The molecule has 0 aromatic carbocycles. The number of unbranched alkanes of at least 4 members (excludes halogenated alkanes) is 23. The Labute approximate surface area is 374 Å². The second-order valence-corrected chi connectivity index (χ2v) is 17.9. The van der Waals surface area contributed by atoms with E-state index in [0.29, 0.717) is 6.61 Å². The van der Waals surface area contributed by atoms with E-state index in [9.17, 15) is 19.4 Å². The molecule has 3 N–H and O–H groups in total. The van der Waals surface area contributed by atoms with Gasteiger partial charge >= 0.3 is 13.8 Å². The van der Waals surface area contributed by atoms with Gasteiger partial charge in [-0.2, -0.15) is 0 Å². The number of rotatable bonds is 47. The number of carbonyl (C=O) groups excluding carboxylic acids is 1. The van der Waals surface area contributed by atoms with Crippen LogP contribution in [0.4, 0.5) is 0 Å². The lowest BCUT2D eigenvalue weighted by molar-refractivity contribution is -0.154. The molecular weight excluding hydrogens is 788 g/mol. The van der Waals surface area contributed by atoms with Crippen LogP contribution in [0.5, 0.6) is 0 Å². The highest BCUT2D eigenvalue weighted by molar-refractivity contribution is 7.47. The van der Waals surface area contributed by atoms with Crippen LogP contribution in [0.2, 0.25) is 0 Å². The van der Waals surface area contributed by atoms with Crippen molar-refractivity contribution in [3.63, 3.8) is 0 Å². The summed E-state index contributed by atoms with van der Waals surface area (Å²) in [5.74, 6) is -0.384. The minimum atomic E-state index is -4.52. The Balaban J connectivity index is 4.10. The molecule has 0 heterocycles. The molecule has 10 heteroatoms. The molecule has 0 saturated heterocycles. The molecule has 9 nitrogen and oxygen atoms in total. The number of hydrogen-bond donors (Lipinski definition) is 3. The van der Waals surface area contributed by atoms with Crippen LogP contribution in [-0.2, 0) is 27.9 Å². The molecule has 0 fully saturated rings. The smallest absolute Gasteiger partial charge is 0.457 e. The van der Waals surface area contributed by atoms with Crippen molar-refractivity contribution >= 4 is 13.8 Å². The molecular formula is C51H93O9P. The van der Waals surface area contributed by atoms with E-state index in [1.165, 1.54) is 116 Å². The Bertz CT molecular complexity index is 1140. The van der Waals surface area contributed by atoms with Crippen molar-refractivity contribution in [2.45, 2.75) is 225 Å². The number of allylic oxidation sites excluding steroid dienone is 10. The lowest BCUT2D eigenvalue weighted by Crippen LogP contribution is -2.29. The Morgan fingerprint density at radius 1 is 0.525 bits per heavy atom. The molecule has 0 bridgehead atoms. The molecule has 0 spiro atoms. The second kappa shape index (κ2) is 47.6. The Morgan fingerprint density at radius 2 is 0.934 bits per heavy atom. The van der Waals surface area contributed by atoms with E-state index in [-0.39, 0.29) is 25.6 Å². The van der Waals surface area contributed by atoms with Crippen molar-refractivity contribution in [3.8, 4) is 0 Å². The van der Waals surface area contributed by atoms with Crippen LogP contribution in [0.1, 0.15) is 213 Å². The normalized spacial score (nSPS) is 14.4. The fourth-order valence-electron chi connectivity index (χ4n) is 6.74. The Morgan fingerprint density at radius 3 is 1.41 bits per heavy atom. The molecule has 3 atom stereocenters. The van der Waals surface area contributed by atoms with E-state index in [4.69, 9.17) is 23.6 Å². The highest BCUT2D eigenvalue weighted by Crippen LogP contribution is 2.43. The summed E-state index contributed by atoms with van der Waals surface area (Å²) in [6, 6.07) is 0. The fourth-order valence-corrected chi connectivity index (χ4v) is 7.53. The first kappa shape index (κ1) is 59.2. The van der Waals surface area contributed by atoms with Gasteiger partial charge in [-0.15, -0.1) is 0 Å². The topological polar surface area (TPSA) is 132 Å². The molecule has 0 rings (SSSR count). The predicted octanol–water partition coefficient (Wildman–Crippen LogP) is 14.3. The van der Waals surface area contributed by atoms with Gasteiger partial charge in [0.2, 0.25) is 0 Å². The van der Waals surface area contributed by atoms with E-state index in [0.717, 1.165) is 77.0 Å². The first-order chi connectivity index (χ1) is 29.8. The fraction of sp³-hybridized carbons (Fsp3) is 0.784. The first-order valence-corrected chi connectivity index (χ1v) is 26.3. The van der Waals surface area contributed by atoms with Crippen LogP contribution in [0.25, 0.3) is 0 Å². The molecule has 3 unspecified atom stereocenters. The molecule has 0 aliphatic carbocycles. The van der Waals surface area contributed by atoms with Gasteiger partial charge in [-0.1, -0.05) is 209 Å². The summed E-state index contributed by atoms with van der Waals surface area (Å²) in [5.41, 5.74) is 0. The number of phosphoric ester groups is 1. The van der Waals surface area contributed by atoms with Crippen molar-refractivity contribution in [3.05, 3.63) is 60.8 Å². The van der Waals surface area contributed by atoms with Gasteiger partial charge in [0, 0.05) is 13.0 Å². The molecule has 0 saturated carbocycles. The lowest BCUT2D eigenvalue weighted by atomic mass is 10.0. The number of phosphoric acid groups is 1. The van der Waals surface area contributed by atoms with Gasteiger partial charge in [0.25, 0.3) is 0 Å². The predicted molar refractivity (Wildman–Crippen MR) is 256 cm³/mol. The Kier molecular flexibility index (Phi) is 46.2. The Hall–Kier alpha value is -1.84. The van der Waals surface area contributed by atoms with Crippen LogP contribution in [0, 0.1) is 0 Å². The monoisotopic (exact) mass is 881 g/mol. The molecule has 0 aliphatic heterocycles. The second-order valence-electron chi connectivity index (χ2n) is 16.5. The van der Waals surface area contributed by atoms with E-state index >= 15 is 0 Å². The zero-order valence-corrected chi connectivity index (χ0v) is 40.0. The van der Waals surface area contributed by atoms with Crippen LogP contribution >= 0.6 is 7.82 Å².